The molecule has 0 aromatic carbocycles. The van der Waals surface area contributed by atoms with Crippen molar-refractivity contribution in [2.75, 3.05) is 0 Å². The van der Waals surface area contributed by atoms with E-state index in [1.165, 1.54) is 0 Å². The molecule has 0 aliphatic carbocycles. The minimum absolute atomic E-state index is 0.649. The summed E-state index contributed by atoms with van der Waals surface area (Å²) in [4.78, 5) is 9.08. The quantitative estimate of drug-likeness (QED) is 0.428. The Morgan fingerprint density at radius 1 is 1.11 bits per heavy atom. The molecule has 0 saturated heterocycles. The van der Waals surface area contributed by atoms with E-state index in [0.717, 1.165) is 0 Å². The number of rotatable bonds is 4. The van der Waals surface area contributed by atoms with Gasteiger partial charge in [-0.3, -0.25) is 9.68 Å². The second kappa shape index (κ2) is 3.79. The zero-order valence-electron chi connectivity index (χ0n) is 5.89. The van der Waals surface area contributed by atoms with Gasteiger partial charge in [-0.05, 0) is 0 Å². The van der Waals surface area contributed by atoms with Crippen molar-refractivity contribution in [3.05, 3.63) is 0 Å². The maximum absolute atomic E-state index is 4.93. The summed E-state index contributed by atoms with van der Waals surface area (Å²) in [5.41, 5.74) is 0. The predicted molar refractivity (Wildman–Crippen MR) is 33.9 cm³/mol. The molecule has 0 aromatic heterocycles. The highest BCUT2D eigenvalue weighted by molar-refractivity contribution is 4.61. The Morgan fingerprint density at radius 2 is 1.44 bits per heavy atom. The average Bonchev–Trinajstić information content (AvgIpc) is 1.95. The van der Waals surface area contributed by atoms with E-state index >= 15 is 0 Å². The smallest absolute Gasteiger partial charge is 0.205 e. The number of hydrogen-bond donors (Lipinski definition) is 2. The second-order valence-electron chi connectivity index (χ2n) is 1.85. The van der Waals surface area contributed by atoms with Crippen molar-refractivity contribution in [3.63, 3.8) is 0 Å². The highest BCUT2D eigenvalue weighted by Crippen LogP contribution is 2.16. The van der Waals surface area contributed by atoms with Crippen LogP contribution in [0.25, 0.3) is 0 Å². The van der Waals surface area contributed by atoms with Crippen molar-refractivity contribution in [1.82, 2.24) is 0 Å². The summed E-state index contributed by atoms with van der Waals surface area (Å²) in [6.45, 7) is 3.78. The van der Waals surface area contributed by atoms with Crippen LogP contribution in [-0.4, -0.2) is 5.79 Å². The van der Waals surface area contributed by atoms with E-state index in [-0.39, 0.29) is 0 Å². The average molecular weight is 134 g/mol. The van der Waals surface area contributed by atoms with Gasteiger partial charge in [0.15, 0.2) is 0 Å². The maximum Gasteiger partial charge on any atom is 0.205 e. The van der Waals surface area contributed by atoms with Crippen molar-refractivity contribution in [2.45, 2.75) is 32.5 Å². The first-order chi connectivity index (χ1) is 4.24. The molecule has 0 fully saturated rings. The molecule has 0 atom stereocenters. The van der Waals surface area contributed by atoms with Gasteiger partial charge in [-0.15, -0.1) is 0 Å². The molecule has 0 radical (unpaired) electrons. The van der Waals surface area contributed by atoms with Gasteiger partial charge in [0.25, 0.3) is 0 Å². The lowest BCUT2D eigenvalue weighted by Crippen LogP contribution is -2.39. The van der Waals surface area contributed by atoms with Crippen LogP contribution in [0.3, 0.4) is 0 Å². The SMILES string of the molecule is CCC(CC)(ON)ON. The Hall–Kier alpha value is -0.160. The molecule has 0 saturated carbocycles. The predicted octanol–water partition coefficient (Wildman–Crippen LogP) is 0.283. The Balaban J connectivity index is 3.82. The van der Waals surface area contributed by atoms with Crippen molar-refractivity contribution in [1.29, 1.82) is 0 Å². The summed E-state index contributed by atoms with van der Waals surface area (Å²) >= 11 is 0. The van der Waals surface area contributed by atoms with Crippen molar-refractivity contribution in [3.8, 4) is 0 Å². The van der Waals surface area contributed by atoms with Crippen LogP contribution in [0.1, 0.15) is 26.7 Å². The monoisotopic (exact) mass is 134 g/mol. The van der Waals surface area contributed by atoms with Crippen LogP contribution in [0.4, 0.5) is 0 Å². The van der Waals surface area contributed by atoms with E-state index in [2.05, 4.69) is 9.68 Å². The number of hydrogen-bond acceptors (Lipinski definition) is 4. The third kappa shape index (κ3) is 1.91. The molecule has 9 heavy (non-hydrogen) atoms. The van der Waals surface area contributed by atoms with Crippen LogP contribution in [0, 0.1) is 0 Å². The van der Waals surface area contributed by atoms with Crippen LogP contribution in [0.2, 0.25) is 0 Å². The lowest BCUT2D eigenvalue weighted by atomic mass is 10.1. The minimum atomic E-state index is -0.778. The molecule has 0 aliphatic rings. The first kappa shape index (κ1) is 8.84. The molecule has 4 heteroatoms. The largest absolute Gasteiger partial charge is 0.268 e. The van der Waals surface area contributed by atoms with E-state index in [4.69, 9.17) is 11.8 Å². The zero-order valence-corrected chi connectivity index (χ0v) is 5.89. The van der Waals surface area contributed by atoms with Gasteiger partial charge in [0.2, 0.25) is 5.79 Å². The van der Waals surface area contributed by atoms with Gasteiger partial charge in [0, 0.05) is 12.8 Å². The second-order valence-corrected chi connectivity index (χ2v) is 1.85. The van der Waals surface area contributed by atoms with Crippen molar-refractivity contribution >= 4 is 0 Å². The highest BCUT2D eigenvalue weighted by Gasteiger charge is 2.26. The topological polar surface area (TPSA) is 70.5 Å². The van der Waals surface area contributed by atoms with Gasteiger partial charge >= 0.3 is 0 Å². The molecule has 0 aromatic rings. The lowest BCUT2D eigenvalue weighted by Gasteiger charge is -2.25. The lowest BCUT2D eigenvalue weighted by molar-refractivity contribution is -0.247. The third-order valence-electron chi connectivity index (χ3n) is 1.51. The van der Waals surface area contributed by atoms with E-state index < -0.39 is 5.79 Å². The first-order valence-corrected chi connectivity index (χ1v) is 3.00. The van der Waals surface area contributed by atoms with E-state index in [1.54, 1.807) is 0 Å². The summed E-state index contributed by atoms with van der Waals surface area (Å²) < 4.78 is 0. The van der Waals surface area contributed by atoms with E-state index in [9.17, 15) is 0 Å². The fraction of sp³-hybridized carbons (Fsp3) is 1.00. The molecule has 0 amide bonds. The molecule has 56 valence electrons. The summed E-state index contributed by atoms with van der Waals surface area (Å²) in [6.07, 6.45) is 1.30. The van der Waals surface area contributed by atoms with Gasteiger partial charge in [-0.25, -0.2) is 11.8 Å². The molecule has 0 heterocycles. The summed E-state index contributed by atoms with van der Waals surface area (Å²) in [7, 11) is 0. The molecule has 0 spiro atoms. The Kier molecular flexibility index (Phi) is 3.72. The Labute approximate surface area is 55.0 Å². The fourth-order valence-electron chi connectivity index (χ4n) is 0.611. The van der Waals surface area contributed by atoms with Crippen molar-refractivity contribution in [2.24, 2.45) is 11.8 Å². The molecule has 0 aliphatic heterocycles. The summed E-state index contributed by atoms with van der Waals surface area (Å²) in [6, 6.07) is 0. The fourth-order valence-corrected chi connectivity index (χ4v) is 0.611. The standard InChI is InChI=1S/C5H14N2O2/c1-3-5(4-2,8-6)9-7/h3-4,6-7H2,1-2H3. The maximum atomic E-state index is 4.93. The van der Waals surface area contributed by atoms with Crippen LogP contribution >= 0.6 is 0 Å². The van der Waals surface area contributed by atoms with Gasteiger partial charge in [-0.1, -0.05) is 13.8 Å². The molecule has 0 unspecified atom stereocenters. The molecular weight excluding hydrogens is 120 g/mol. The molecule has 0 bridgehead atoms. The van der Waals surface area contributed by atoms with E-state index in [1.807, 2.05) is 13.8 Å². The van der Waals surface area contributed by atoms with E-state index in [0.29, 0.717) is 12.8 Å². The molecular formula is C5H14N2O2. The van der Waals surface area contributed by atoms with Gasteiger partial charge < -0.3 is 0 Å². The number of nitrogens with two attached hydrogens (primary N) is 2. The Morgan fingerprint density at radius 3 is 1.44 bits per heavy atom. The Bertz CT molecular complexity index is 55.8. The minimum Gasteiger partial charge on any atom is -0.268 e. The molecule has 0 rings (SSSR count). The summed E-state index contributed by atoms with van der Waals surface area (Å²) in [5, 5.41) is 0. The molecule has 4 N–H and O–H groups in total. The third-order valence-corrected chi connectivity index (χ3v) is 1.51. The van der Waals surface area contributed by atoms with Crippen molar-refractivity contribution < 1.29 is 9.68 Å². The van der Waals surface area contributed by atoms with Gasteiger partial charge in [0.05, 0.1) is 0 Å². The normalized spacial score (nSPS) is 12.0. The zero-order chi connectivity index (χ0) is 7.33. The van der Waals surface area contributed by atoms with Crippen LogP contribution in [0.15, 0.2) is 0 Å². The summed E-state index contributed by atoms with van der Waals surface area (Å²) in [5.74, 6) is 9.09. The highest BCUT2D eigenvalue weighted by atomic mass is 16.8. The van der Waals surface area contributed by atoms with Gasteiger partial charge in [0.1, 0.15) is 0 Å². The van der Waals surface area contributed by atoms with Crippen LogP contribution < -0.4 is 11.8 Å². The first-order valence-electron chi connectivity index (χ1n) is 3.00. The van der Waals surface area contributed by atoms with Crippen LogP contribution in [-0.2, 0) is 9.68 Å². The molecule has 4 nitrogen and oxygen atoms in total. The van der Waals surface area contributed by atoms with Gasteiger partial charge in [-0.2, -0.15) is 0 Å². The van der Waals surface area contributed by atoms with Crippen LogP contribution in [0.5, 0.6) is 0 Å².